The van der Waals surface area contributed by atoms with Gasteiger partial charge in [0.25, 0.3) is 0 Å². The third kappa shape index (κ3) is 2.44. The number of rotatable bonds is 1. The largest absolute Gasteiger partial charge is 0.393 e. The van der Waals surface area contributed by atoms with Crippen LogP contribution in [0.2, 0.25) is 0 Å². The molecule has 0 amide bonds. The molecule has 1 fully saturated rings. The summed E-state index contributed by atoms with van der Waals surface area (Å²) in [5.74, 6) is 2.14. The number of thiocarbonyl (C=S) groups is 1. The zero-order chi connectivity index (χ0) is 8.43. The number of hydrogen-bond acceptors (Lipinski definition) is 1. The Morgan fingerprint density at radius 2 is 1.64 bits per heavy atom. The summed E-state index contributed by atoms with van der Waals surface area (Å²) in [4.78, 5) is 0.725. The van der Waals surface area contributed by atoms with E-state index in [1.54, 1.807) is 0 Å². The highest BCUT2D eigenvalue weighted by Gasteiger charge is 2.25. The molecular weight excluding hydrogens is 154 g/mol. The van der Waals surface area contributed by atoms with E-state index in [1.165, 1.54) is 19.3 Å². The highest BCUT2D eigenvalue weighted by atomic mass is 32.1. The monoisotopic (exact) mass is 171 g/mol. The predicted molar refractivity (Wildman–Crippen MR) is 52.5 cm³/mol. The van der Waals surface area contributed by atoms with E-state index in [4.69, 9.17) is 18.0 Å². The molecule has 1 nitrogen and oxygen atoms in total. The van der Waals surface area contributed by atoms with Crippen molar-refractivity contribution in [3.05, 3.63) is 0 Å². The van der Waals surface area contributed by atoms with Crippen molar-refractivity contribution < 1.29 is 0 Å². The third-order valence-electron chi connectivity index (χ3n) is 2.58. The summed E-state index contributed by atoms with van der Waals surface area (Å²) >= 11 is 5.00. The van der Waals surface area contributed by atoms with Gasteiger partial charge in [0.1, 0.15) is 0 Å². The standard InChI is InChI=1S/C9H17NS/c1-6-3-7(2)5-8(4-6)9(10)11/h6-8H,3-5H2,1-2H3,(H2,10,11). The predicted octanol–water partition coefficient (Wildman–Crippen LogP) is 2.34. The summed E-state index contributed by atoms with van der Waals surface area (Å²) in [7, 11) is 0. The van der Waals surface area contributed by atoms with Gasteiger partial charge in [-0.15, -0.1) is 0 Å². The summed E-state index contributed by atoms with van der Waals surface area (Å²) in [6.07, 6.45) is 3.76. The van der Waals surface area contributed by atoms with Gasteiger partial charge in [0.2, 0.25) is 0 Å². The second kappa shape index (κ2) is 3.53. The maximum absolute atomic E-state index is 5.62. The maximum Gasteiger partial charge on any atom is 0.0758 e. The topological polar surface area (TPSA) is 26.0 Å². The molecule has 1 aliphatic carbocycles. The summed E-state index contributed by atoms with van der Waals surface area (Å²) in [5, 5.41) is 0. The van der Waals surface area contributed by atoms with Crippen molar-refractivity contribution in [1.82, 2.24) is 0 Å². The summed E-state index contributed by atoms with van der Waals surface area (Å²) in [5.41, 5.74) is 5.62. The zero-order valence-electron chi connectivity index (χ0n) is 7.34. The molecule has 1 saturated carbocycles. The smallest absolute Gasteiger partial charge is 0.0758 e. The van der Waals surface area contributed by atoms with Gasteiger partial charge in [0, 0.05) is 5.92 Å². The van der Waals surface area contributed by atoms with Crippen molar-refractivity contribution in [2.75, 3.05) is 0 Å². The normalized spacial score (nSPS) is 38.5. The van der Waals surface area contributed by atoms with E-state index in [-0.39, 0.29) is 0 Å². The first kappa shape index (κ1) is 8.98. The molecule has 2 unspecified atom stereocenters. The van der Waals surface area contributed by atoms with Crippen LogP contribution in [0.4, 0.5) is 0 Å². The lowest BCUT2D eigenvalue weighted by Gasteiger charge is -2.30. The van der Waals surface area contributed by atoms with E-state index in [0.717, 1.165) is 16.8 Å². The molecule has 0 bridgehead atoms. The molecule has 11 heavy (non-hydrogen) atoms. The Bertz CT molecular complexity index is 146. The van der Waals surface area contributed by atoms with Crippen LogP contribution >= 0.6 is 12.2 Å². The number of hydrogen-bond donors (Lipinski definition) is 1. The molecule has 2 heteroatoms. The molecule has 1 aliphatic rings. The molecule has 1 rings (SSSR count). The SMILES string of the molecule is CC1CC(C)CC(C(N)=S)C1. The lowest BCUT2D eigenvalue weighted by atomic mass is 9.77. The highest BCUT2D eigenvalue weighted by Crippen LogP contribution is 2.32. The second-order valence-corrected chi connectivity index (χ2v) is 4.49. The Kier molecular flexibility index (Phi) is 2.88. The number of nitrogens with two attached hydrogens (primary N) is 1. The van der Waals surface area contributed by atoms with Crippen molar-refractivity contribution in [3.63, 3.8) is 0 Å². The van der Waals surface area contributed by atoms with Gasteiger partial charge in [-0.05, 0) is 31.1 Å². The minimum Gasteiger partial charge on any atom is -0.393 e. The van der Waals surface area contributed by atoms with Crippen LogP contribution in [0.1, 0.15) is 33.1 Å². The Morgan fingerprint density at radius 3 is 2.00 bits per heavy atom. The molecule has 2 N–H and O–H groups in total. The molecule has 64 valence electrons. The van der Waals surface area contributed by atoms with Crippen molar-refractivity contribution >= 4 is 17.2 Å². The van der Waals surface area contributed by atoms with Crippen LogP contribution in [-0.2, 0) is 0 Å². The molecule has 0 radical (unpaired) electrons. The summed E-state index contributed by atoms with van der Waals surface area (Å²) in [6.45, 7) is 4.59. The molecule has 0 saturated heterocycles. The van der Waals surface area contributed by atoms with Gasteiger partial charge in [0.15, 0.2) is 0 Å². The van der Waals surface area contributed by atoms with Gasteiger partial charge < -0.3 is 5.73 Å². The maximum atomic E-state index is 5.62. The van der Waals surface area contributed by atoms with Gasteiger partial charge in [0.05, 0.1) is 4.99 Å². The van der Waals surface area contributed by atoms with Gasteiger partial charge in [-0.3, -0.25) is 0 Å². The highest BCUT2D eigenvalue weighted by molar-refractivity contribution is 7.80. The average molecular weight is 171 g/mol. The van der Waals surface area contributed by atoms with E-state index < -0.39 is 0 Å². The van der Waals surface area contributed by atoms with Gasteiger partial charge in [-0.25, -0.2) is 0 Å². The van der Waals surface area contributed by atoms with Gasteiger partial charge >= 0.3 is 0 Å². The summed E-state index contributed by atoms with van der Waals surface area (Å²) in [6, 6.07) is 0. The zero-order valence-corrected chi connectivity index (χ0v) is 8.16. The van der Waals surface area contributed by atoms with Crippen molar-refractivity contribution in [1.29, 1.82) is 0 Å². The van der Waals surface area contributed by atoms with Gasteiger partial charge in [-0.2, -0.15) is 0 Å². The van der Waals surface area contributed by atoms with E-state index in [9.17, 15) is 0 Å². The molecule has 0 aromatic carbocycles. The quantitative estimate of drug-likeness (QED) is 0.613. The average Bonchev–Trinajstić information content (AvgIpc) is 1.85. The Hall–Kier alpha value is -0.110. The van der Waals surface area contributed by atoms with Crippen LogP contribution < -0.4 is 5.73 Å². The van der Waals surface area contributed by atoms with E-state index in [0.29, 0.717) is 5.92 Å². The Labute approximate surface area is 74.4 Å². The minimum atomic E-state index is 0.517. The lowest BCUT2D eigenvalue weighted by Crippen LogP contribution is -2.29. The van der Waals surface area contributed by atoms with E-state index >= 15 is 0 Å². The lowest BCUT2D eigenvalue weighted by molar-refractivity contribution is 0.264. The Morgan fingerprint density at radius 1 is 1.18 bits per heavy atom. The fraction of sp³-hybridized carbons (Fsp3) is 0.889. The fourth-order valence-electron chi connectivity index (χ4n) is 2.18. The third-order valence-corrected chi connectivity index (χ3v) is 2.91. The van der Waals surface area contributed by atoms with Crippen molar-refractivity contribution in [3.8, 4) is 0 Å². The van der Waals surface area contributed by atoms with Crippen molar-refractivity contribution in [2.24, 2.45) is 23.5 Å². The molecule has 0 aliphatic heterocycles. The molecule has 2 atom stereocenters. The van der Waals surface area contributed by atoms with Crippen LogP contribution in [0.15, 0.2) is 0 Å². The van der Waals surface area contributed by atoms with Gasteiger partial charge in [-0.1, -0.05) is 26.1 Å². The van der Waals surface area contributed by atoms with Crippen LogP contribution in [0, 0.1) is 17.8 Å². The van der Waals surface area contributed by atoms with Crippen LogP contribution in [0.3, 0.4) is 0 Å². The van der Waals surface area contributed by atoms with Crippen LogP contribution in [0.25, 0.3) is 0 Å². The second-order valence-electron chi connectivity index (χ2n) is 4.02. The van der Waals surface area contributed by atoms with Crippen molar-refractivity contribution in [2.45, 2.75) is 33.1 Å². The first-order valence-corrected chi connectivity index (χ1v) is 4.79. The summed E-state index contributed by atoms with van der Waals surface area (Å²) < 4.78 is 0. The molecule has 0 aromatic heterocycles. The molecule has 0 heterocycles. The van der Waals surface area contributed by atoms with E-state index in [2.05, 4.69) is 13.8 Å². The molecular formula is C9H17NS. The molecule has 0 spiro atoms. The molecule has 0 aromatic rings. The first-order chi connectivity index (χ1) is 5.09. The first-order valence-electron chi connectivity index (χ1n) is 4.39. The van der Waals surface area contributed by atoms with E-state index in [1.807, 2.05) is 0 Å². The van der Waals surface area contributed by atoms with Crippen LogP contribution in [-0.4, -0.2) is 4.99 Å². The fourth-order valence-corrected chi connectivity index (χ4v) is 2.37. The minimum absolute atomic E-state index is 0.517. The Balaban J connectivity index is 2.49. The van der Waals surface area contributed by atoms with Crippen LogP contribution in [0.5, 0.6) is 0 Å².